The van der Waals surface area contributed by atoms with Gasteiger partial charge in [0.2, 0.25) is 6.19 Å². The molecule has 2 aromatic rings. The van der Waals surface area contributed by atoms with Crippen LogP contribution in [0, 0.1) is 11.5 Å². The van der Waals surface area contributed by atoms with Crippen LogP contribution in [0.3, 0.4) is 0 Å². The van der Waals surface area contributed by atoms with E-state index < -0.39 is 0 Å². The number of fused-ring (bicyclic) bond motifs is 1. The van der Waals surface area contributed by atoms with Crippen LogP contribution in [0.15, 0.2) is 23.5 Å². The van der Waals surface area contributed by atoms with Crippen molar-refractivity contribution in [1.82, 2.24) is 14.9 Å². The molecule has 9 heteroatoms. The highest BCUT2D eigenvalue weighted by molar-refractivity contribution is 5.92. The third-order valence-electron chi connectivity index (χ3n) is 4.39. The number of rotatable bonds is 4. The summed E-state index contributed by atoms with van der Waals surface area (Å²) in [5.74, 6) is 2.11. The van der Waals surface area contributed by atoms with Crippen LogP contribution in [0.4, 0.5) is 5.82 Å². The lowest BCUT2D eigenvalue weighted by molar-refractivity contribution is 0.236. The number of hydrogen-bond donors (Lipinski definition) is 0. The van der Waals surface area contributed by atoms with Crippen LogP contribution in [0.5, 0.6) is 11.5 Å². The highest BCUT2D eigenvalue weighted by Crippen LogP contribution is 2.34. The zero-order valence-electron chi connectivity index (χ0n) is 15.7. The van der Waals surface area contributed by atoms with Gasteiger partial charge in [0.1, 0.15) is 12.1 Å². The first-order valence-corrected chi connectivity index (χ1v) is 8.68. The number of anilines is 1. The fourth-order valence-electron chi connectivity index (χ4n) is 3.10. The van der Waals surface area contributed by atoms with Crippen molar-refractivity contribution in [2.75, 3.05) is 51.9 Å². The summed E-state index contributed by atoms with van der Waals surface area (Å²) in [6, 6.07) is 4.12. The molecule has 0 bridgehead atoms. The predicted octanol–water partition coefficient (Wildman–Crippen LogP) is 1.64. The Bertz CT molecular complexity index is 871. The summed E-state index contributed by atoms with van der Waals surface area (Å²) in [5.41, 5.74) is 0.793. The van der Waals surface area contributed by atoms with Crippen LogP contribution >= 0.6 is 0 Å². The van der Waals surface area contributed by atoms with Crippen LogP contribution in [0.25, 0.3) is 10.9 Å². The van der Waals surface area contributed by atoms with Gasteiger partial charge in [0.25, 0.3) is 0 Å². The summed E-state index contributed by atoms with van der Waals surface area (Å²) in [5, 5.41) is 9.74. The normalized spacial score (nSPS) is 14.8. The number of aliphatic imine (C=N–C) groups is 1. The molecule has 0 spiro atoms. The second kappa shape index (κ2) is 8.40. The van der Waals surface area contributed by atoms with E-state index in [2.05, 4.69) is 19.9 Å². The van der Waals surface area contributed by atoms with Crippen molar-refractivity contribution in [2.45, 2.75) is 6.92 Å². The number of benzene rings is 1. The molecule has 3 rings (SSSR count). The van der Waals surface area contributed by atoms with Gasteiger partial charge in [0, 0.05) is 37.6 Å². The van der Waals surface area contributed by atoms with E-state index in [1.165, 1.54) is 0 Å². The number of methoxy groups -OCH3 is 2. The van der Waals surface area contributed by atoms with Gasteiger partial charge in [-0.3, -0.25) is 0 Å². The summed E-state index contributed by atoms with van der Waals surface area (Å²) in [6.45, 7) is 5.14. The van der Waals surface area contributed by atoms with E-state index in [0.29, 0.717) is 37.2 Å². The first-order valence-electron chi connectivity index (χ1n) is 8.68. The molecule has 0 N–H and O–H groups in total. The lowest BCUT2D eigenvalue weighted by Crippen LogP contribution is -2.49. The van der Waals surface area contributed by atoms with Crippen LogP contribution in [0.2, 0.25) is 0 Å². The van der Waals surface area contributed by atoms with Crippen molar-refractivity contribution < 1.29 is 14.2 Å². The number of aromatic nitrogens is 2. The fourth-order valence-corrected chi connectivity index (χ4v) is 3.10. The van der Waals surface area contributed by atoms with Gasteiger partial charge >= 0.3 is 6.02 Å². The first kappa shape index (κ1) is 18.5. The molecule has 0 amide bonds. The number of nitrogens with zero attached hydrogens (tertiary/aromatic N) is 6. The number of ether oxygens (including phenoxy) is 3. The number of hydrogen-bond acceptors (Lipinski definition) is 8. The van der Waals surface area contributed by atoms with Crippen molar-refractivity contribution in [2.24, 2.45) is 4.99 Å². The van der Waals surface area contributed by atoms with Gasteiger partial charge in [-0.2, -0.15) is 5.26 Å². The van der Waals surface area contributed by atoms with Crippen molar-refractivity contribution in [3.05, 3.63) is 18.5 Å². The summed E-state index contributed by atoms with van der Waals surface area (Å²) in [7, 11) is 3.21. The lowest BCUT2D eigenvalue weighted by Gasteiger charge is -2.36. The molecule has 0 aliphatic carbocycles. The molecule has 1 aromatic heterocycles. The Balaban J connectivity index is 1.85. The van der Waals surface area contributed by atoms with Gasteiger partial charge in [-0.15, -0.1) is 4.99 Å². The van der Waals surface area contributed by atoms with E-state index in [9.17, 15) is 0 Å². The van der Waals surface area contributed by atoms with E-state index in [1.54, 1.807) is 26.7 Å². The average Bonchev–Trinajstić information content (AvgIpc) is 2.72. The van der Waals surface area contributed by atoms with Crippen LogP contribution in [-0.2, 0) is 4.74 Å². The number of piperazine rings is 1. The van der Waals surface area contributed by atoms with Crippen molar-refractivity contribution in [3.63, 3.8) is 0 Å². The van der Waals surface area contributed by atoms with Crippen molar-refractivity contribution in [1.29, 1.82) is 5.26 Å². The Morgan fingerprint density at radius 1 is 1.15 bits per heavy atom. The molecule has 1 aromatic carbocycles. The summed E-state index contributed by atoms with van der Waals surface area (Å²) >= 11 is 0. The molecule has 0 unspecified atom stereocenters. The largest absolute Gasteiger partial charge is 0.493 e. The van der Waals surface area contributed by atoms with Crippen LogP contribution in [-0.4, -0.2) is 67.9 Å². The molecule has 1 saturated heterocycles. The van der Waals surface area contributed by atoms with Gasteiger partial charge in [-0.25, -0.2) is 9.97 Å². The first-order chi connectivity index (χ1) is 13.2. The third kappa shape index (κ3) is 3.79. The Morgan fingerprint density at radius 3 is 2.48 bits per heavy atom. The van der Waals surface area contributed by atoms with E-state index in [4.69, 9.17) is 19.5 Å². The Labute approximate surface area is 157 Å². The van der Waals surface area contributed by atoms with Gasteiger partial charge in [0.05, 0.1) is 26.3 Å². The molecule has 27 heavy (non-hydrogen) atoms. The van der Waals surface area contributed by atoms with E-state index >= 15 is 0 Å². The maximum Gasteiger partial charge on any atom is 0.302 e. The second-order valence-corrected chi connectivity index (χ2v) is 5.82. The second-order valence-electron chi connectivity index (χ2n) is 5.82. The Morgan fingerprint density at radius 2 is 1.85 bits per heavy atom. The molecular formula is C18H22N6O3. The molecule has 9 nitrogen and oxygen atoms in total. The molecule has 0 radical (unpaired) electrons. The lowest BCUT2D eigenvalue weighted by atomic mass is 10.2. The summed E-state index contributed by atoms with van der Waals surface area (Å²) in [4.78, 5) is 16.8. The summed E-state index contributed by atoms with van der Waals surface area (Å²) in [6.07, 6.45) is 3.36. The summed E-state index contributed by atoms with van der Waals surface area (Å²) < 4.78 is 16.2. The van der Waals surface area contributed by atoms with Crippen molar-refractivity contribution >= 4 is 22.7 Å². The molecule has 142 valence electrons. The van der Waals surface area contributed by atoms with Gasteiger partial charge in [-0.1, -0.05) is 0 Å². The molecule has 2 heterocycles. The van der Waals surface area contributed by atoms with Crippen LogP contribution < -0.4 is 14.4 Å². The SMILES string of the molecule is CCO/C(=N\C#N)N1CCN(c2ncnc3cc(OC)c(OC)cc23)CC1. The maximum atomic E-state index is 8.84. The average molecular weight is 370 g/mol. The highest BCUT2D eigenvalue weighted by Gasteiger charge is 2.23. The molecular weight excluding hydrogens is 348 g/mol. The zero-order chi connectivity index (χ0) is 19.2. The maximum absolute atomic E-state index is 8.84. The standard InChI is InChI=1S/C18H22N6O3/c1-4-27-18(20-11-19)24-7-5-23(6-8-24)17-13-9-15(25-2)16(26-3)10-14(13)21-12-22-17/h9-10,12H,4-8H2,1-3H3/b20-18-. The van der Waals surface area contributed by atoms with Gasteiger partial charge in [-0.05, 0) is 13.0 Å². The number of nitriles is 1. The molecule has 1 fully saturated rings. The van der Waals surface area contributed by atoms with Crippen molar-refractivity contribution in [3.8, 4) is 17.7 Å². The Kier molecular flexibility index (Phi) is 5.76. The minimum Gasteiger partial charge on any atom is -0.493 e. The van der Waals surface area contributed by atoms with E-state index in [1.807, 2.05) is 24.0 Å². The van der Waals surface area contributed by atoms with E-state index in [-0.39, 0.29) is 0 Å². The van der Waals surface area contributed by atoms with Gasteiger partial charge < -0.3 is 24.0 Å². The molecule has 1 aliphatic heterocycles. The monoisotopic (exact) mass is 370 g/mol. The Hall–Kier alpha value is -3.28. The molecule has 0 atom stereocenters. The third-order valence-corrected chi connectivity index (χ3v) is 4.39. The fraction of sp³-hybridized carbons (Fsp3) is 0.444. The molecule has 0 saturated carbocycles. The van der Waals surface area contributed by atoms with Crippen LogP contribution in [0.1, 0.15) is 6.92 Å². The zero-order valence-corrected chi connectivity index (χ0v) is 15.7. The number of amidine groups is 1. The highest BCUT2D eigenvalue weighted by atomic mass is 16.5. The topological polar surface area (TPSA) is 96.1 Å². The minimum atomic E-state index is 0.374. The predicted molar refractivity (Wildman–Crippen MR) is 101 cm³/mol. The quantitative estimate of drug-likeness (QED) is 0.455. The smallest absolute Gasteiger partial charge is 0.302 e. The van der Waals surface area contributed by atoms with Gasteiger partial charge in [0.15, 0.2) is 11.5 Å². The molecule has 1 aliphatic rings. The minimum absolute atomic E-state index is 0.374. The van der Waals surface area contributed by atoms with E-state index in [0.717, 1.165) is 29.8 Å².